The number of fused-ring (bicyclic) bond motifs is 4. The van der Waals surface area contributed by atoms with E-state index in [1.165, 1.54) is 24.3 Å². The molecule has 4 heterocycles. The van der Waals surface area contributed by atoms with Crippen molar-refractivity contribution in [3.63, 3.8) is 0 Å². The normalized spacial score (nSPS) is 26.2. The van der Waals surface area contributed by atoms with Crippen LogP contribution in [-0.4, -0.2) is 77.1 Å². The second-order valence-electron chi connectivity index (χ2n) is 13.9. The van der Waals surface area contributed by atoms with Crippen LogP contribution >= 0.6 is 0 Å². The number of ether oxygens (including phenoxy) is 1. The lowest BCUT2D eigenvalue weighted by atomic mass is 9.81. The minimum atomic E-state index is -1.09. The summed E-state index contributed by atoms with van der Waals surface area (Å²) in [4.78, 5) is 13.5. The molecule has 11 heteroatoms. The predicted octanol–water partition coefficient (Wildman–Crippen LogP) is 6.09. The van der Waals surface area contributed by atoms with Crippen molar-refractivity contribution in [1.29, 1.82) is 0 Å². The fourth-order valence-electron chi connectivity index (χ4n) is 7.83. The summed E-state index contributed by atoms with van der Waals surface area (Å²) in [6, 6.07) is 6.99. The fraction of sp³-hybridized carbons (Fsp3) is 0.444. The predicted molar refractivity (Wildman–Crippen MR) is 172 cm³/mol. The Bertz CT molecular complexity index is 1950. The quantitative estimate of drug-likeness (QED) is 0.194. The molecule has 0 radical (unpaired) electrons. The van der Waals surface area contributed by atoms with Crippen molar-refractivity contribution in [2.45, 2.75) is 63.3 Å². The van der Waals surface area contributed by atoms with Crippen LogP contribution in [0.4, 0.5) is 23.4 Å². The van der Waals surface area contributed by atoms with Gasteiger partial charge in [-0.3, -0.25) is 4.90 Å². The average Bonchev–Trinajstić information content (AvgIpc) is 3.85. The van der Waals surface area contributed by atoms with Gasteiger partial charge in [0.1, 0.15) is 41.5 Å². The topological polar surface area (TPSA) is 73.8 Å². The zero-order valence-electron chi connectivity index (χ0n) is 26.0. The monoisotopic (exact) mass is 645 g/mol. The lowest BCUT2D eigenvalue weighted by molar-refractivity contribution is -0.0200. The van der Waals surface area contributed by atoms with E-state index in [1.54, 1.807) is 0 Å². The van der Waals surface area contributed by atoms with Crippen LogP contribution in [0.3, 0.4) is 0 Å². The highest BCUT2D eigenvalue weighted by molar-refractivity contribution is 6.04. The number of piperazine rings is 1. The van der Waals surface area contributed by atoms with Crippen LogP contribution in [0.5, 0.6) is 11.8 Å². The molecule has 1 saturated carbocycles. The van der Waals surface area contributed by atoms with Gasteiger partial charge in [0, 0.05) is 66.1 Å². The number of piperidine rings is 1. The minimum absolute atomic E-state index is 0.0210. The van der Waals surface area contributed by atoms with Gasteiger partial charge in [-0.05, 0) is 61.8 Å². The molecule has 1 aromatic heterocycles. The van der Waals surface area contributed by atoms with Gasteiger partial charge in [-0.25, -0.2) is 17.6 Å². The number of rotatable bonds is 6. The Morgan fingerprint density at radius 3 is 2.53 bits per heavy atom. The van der Waals surface area contributed by atoms with Gasteiger partial charge < -0.3 is 20.1 Å². The number of aromatic hydroxyl groups is 1. The number of nitrogens with zero attached hydrogens (tertiary/aromatic N) is 4. The molecule has 4 atom stereocenters. The van der Waals surface area contributed by atoms with E-state index >= 15 is 13.2 Å². The molecular weight excluding hydrogens is 610 g/mol. The lowest BCUT2D eigenvalue weighted by Crippen LogP contribution is -2.52. The molecule has 244 valence electrons. The number of anilines is 1. The zero-order valence-corrected chi connectivity index (χ0v) is 26.0. The fourth-order valence-corrected chi connectivity index (χ4v) is 7.83. The number of nitrogens with one attached hydrogen (secondary N) is 1. The van der Waals surface area contributed by atoms with Crippen molar-refractivity contribution < 1.29 is 27.4 Å². The number of benzene rings is 3. The van der Waals surface area contributed by atoms with E-state index in [1.807, 2.05) is 11.8 Å². The highest BCUT2D eigenvalue weighted by Gasteiger charge is 2.45. The second-order valence-corrected chi connectivity index (χ2v) is 13.9. The first-order chi connectivity index (χ1) is 22.6. The number of alkyl halides is 1. The molecular formula is C36H35F4N5O2. The number of hydrogen-bond donors (Lipinski definition) is 2. The summed E-state index contributed by atoms with van der Waals surface area (Å²) in [7, 11) is 0. The molecule has 8 rings (SSSR count). The van der Waals surface area contributed by atoms with Crippen molar-refractivity contribution in [1.82, 2.24) is 20.2 Å². The Labute approximate surface area is 269 Å². The van der Waals surface area contributed by atoms with E-state index in [0.29, 0.717) is 49.8 Å². The first-order valence-electron chi connectivity index (χ1n) is 16.3. The SMILES string of the molecule is C#Cc1c(F)ccc2cc(O)cc(-c3c(F)cc4c(N5C[C@H]6CC[C@@H](C5)N6)nc(OC[C@]5(C)CN(C6CC6)CC[C@H]5F)nc4c3F)c12. The van der Waals surface area contributed by atoms with Crippen molar-refractivity contribution in [2.24, 2.45) is 5.41 Å². The third-order valence-electron chi connectivity index (χ3n) is 10.4. The van der Waals surface area contributed by atoms with Gasteiger partial charge in [0.05, 0.1) is 11.1 Å². The van der Waals surface area contributed by atoms with Crippen molar-refractivity contribution in [3.05, 3.63) is 53.3 Å². The molecule has 4 fully saturated rings. The molecule has 4 aliphatic rings. The summed E-state index contributed by atoms with van der Waals surface area (Å²) in [5.41, 5.74) is -1.83. The Morgan fingerprint density at radius 1 is 1.04 bits per heavy atom. The molecule has 3 aliphatic heterocycles. The lowest BCUT2D eigenvalue weighted by Gasteiger charge is -2.42. The number of phenols is 1. The van der Waals surface area contributed by atoms with Crippen molar-refractivity contribution in [2.75, 3.05) is 37.7 Å². The molecule has 0 unspecified atom stereocenters. The van der Waals surface area contributed by atoms with Gasteiger partial charge in [0.25, 0.3) is 0 Å². The highest BCUT2D eigenvalue weighted by atomic mass is 19.1. The maximum absolute atomic E-state index is 16.9. The summed E-state index contributed by atoms with van der Waals surface area (Å²) in [5.74, 6) is -0.355. The standard InChI is InChI=1S/C36H35F4N5O2/c1-3-24-27(37)9-4-19-12-23(46)13-25(30(19)24)31-28(38)14-26-33(32(31)40)42-35(43-34(26)45-15-20-5-6-21(16-45)41-20)47-18-36(2)17-44(22-7-8-22)11-10-29(36)39/h1,4,9,12-14,20-22,29,41,46H,5-8,10-11,15-18H2,2H3/t20-,21+,29-,36+/m1/s1. The molecule has 0 amide bonds. The molecule has 3 aromatic carbocycles. The molecule has 0 spiro atoms. The number of aromatic nitrogens is 2. The first-order valence-corrected chi connectivity index (χ1v) is 16.3. The van der Waals surface area contributed by atoms with Crippen molar-refractivity contribution in [3.8, 4) is 35.2 Å². The molecule has 4 aromatic rings. The minimum Gasteiger partial charge on any atom is -0.508 e. The molecule has 3 saturated heterocycles. The number of likely N-dealkylation sites (tertiary alicyclic amines) is 1. The van der Waals surface area contributed by atoms with E-state index < -0.39 is 34.6 Å². The van der Waals surface area contributed by atoms with E-state index in [9.17, 15) is 9.50 Å². The Hall–Kier alpha value is -4.14. The summed E-state index contributed by atoms with van der Waals surface area (Å²) in [6.45, 7) is 4.23. The van der Waals surface area contributed by atoms with Crippen LogP contribution in [0.1, 0.15) is 44.6 Å². The van der Waals surface area contributed by atoms with Gasteiger partial charge in [0.15, 0.2) is 5.82 Å². The van der Waals surface area contributed by atoms with Crippen LogP contribution in [-0.2, 0) is 0 Å². The van der Waals surface area contributed by atoms with Gasteiger partial charge in [-0.15, -0.1) is 6.42 Å². The Kier molecular flexibility index (Phi) is 7.22. The number of terminal acetylenes is 1. The zero-order chi connectivity index (χ0) is 32.6. The number of halogens is 4. The van der Waals surface area contributed by atoms with Gasteiger partial charge in [-0.2, -0.15) is 9.97 Å². The number of phenolic OH excluding ortho intramolecular Hbond substituents is 1. The van der Waals surface area contributed by atoms with Crippen LogP contribution in [0.15, 0.2) is 30.3 Å². The van der Waals surface area contributed by atoms with Crippen molar-refractivity contribution >= 4 is 27.5 Å². The molecule has 7 nitrogen and oxygen atoms in total. The van der Waals surface area contributed by atoms with Gasteiger partial charge >= 0.3 is 6.01 Å². The van der Waals surface area contributed by atoms with E-state index in [0.717, 1.165) is 31.7 Å². The third-order valence-corrected chi connectivity index (χ3v) is 10.4. The molecule has 2 N–H and O–H groups in total. The average molecular weight is 646 g/mol. The maximum atomic E-state index is 16.9. The largest absolute Gasteiger partial charge is 0.508 e. The Balaban J connectivity index is 1.27. The molecule has 1 aliphatic carbocycles. The van der Waals surface area contributed by atoms with Gasteiger partial charge in [-0.1, -0.05) is 18.9 Å². The van der Waals surface area contributed by atoms with Crippen LogP contribution in [0.25, 0.3) is 32.8 Å². The Morgan fingerprint density at radius 2 is 1.81 bits per heavy atom. The first kappa shape index (κ1) is 30.2. The summed E-state index contributed by atoms with van der Waals surface area (Å²) < 4.78 is 69.5. The third kappa shape index (κ3) is 5.22. The van der Waals surface area contributed by atoms with E-state index in [4.69, 9.17) is 16.1 Å². The maximum Gasteiger partial charge on any atom is 0.319 e. The molecule has 47 heavy (non-hydrogen) atoms. The summed E-state index contributed by atoms with van der Waals surface area (Å²) in [5, 5.41) is 14.6. The summed E-state index contributed by atoms with van der Waals surface area (Å²) >= 11 is 0. The molecule has 2 bridgehead atoms. The van der Waals surface area contributed by atoms with Gasteiger partial charge in [0.2, 0.25) is 0 Å². The second kappa shape index (κ2) is 11.2. The van der Waals surface area contributed by atoms with Crippen LogP contribution in [0.2, 0.25) is 0 Å². The van der Waals surface area contributed by atoms with Crippen LogP contribution in [0, 0.1) is 35.2 Å². The van der Waals surface area contributed by atoms with Crippen LogP contribution < -0.4 is 15.0 Å². The summed E-state index contributed by atoms with van der Waals surface area (Å²) in [6.07, 6.45) is 9.13. The van der Waals surface area contributed by atoms with E-state index in [-0.39, 0.29) is 57.9 Å². The smallest absolute Gasteiger partial charge is 0.319 e. The van der Waals surface area contributed by atoms with E-state index in [2.05, 4.69) is 21.1 Å². The number of hydrogen-bond acceptors (Lipinski definition) is 7. The highest BCUT2D eigenvalue weighted by Crippen LogP contribution is 2.43.